The van der Waals surface area contributed by atoms with Crippen LogP contribution in [0.2, 0.25) is 5.02 Å². The molecule has 1 amide bonds. The van der Waals surface area contributed by atoms with Crippen LogP contribution in [0.3, 0.4) is 0 Å². The molecule has 1 saturated heterocycles. The Morgan fingerprint density at radius 3 is 2.29 bits per heavy atom. The number of amides is 1. The highest BCUT2D eigenvalue weighted by Crippen LogP contribution is 2.46. The molecule has 1 aliphatic rings. The lowest BCUT2D eigenvalue weighted by Gasteiger charge is -2.23. The number of rotatable bonds is 16. The van der Waals surface area contributed by atoms with Gasteiger partial charge in [-0.3, -0.25) is 14.5 Å². The number of Topliss-reactive ketones (excluding diaryl/α,β-unsaturated/α-hetero) is 1. The van der Waals surface area contributed by atoms with E-state index in [2.05, 4.69) is 24.0 Å². The summed E-state index contributed by atoms with van der Waals surface area (Å²) in [6.07, 6.45) is 3.78. The molecule has 4 aromatic rings. The third kappa shape index (κ3) is 8.32. The Morgan fingerprint density at radius 2 is 1.60 bits per heavy atom. The van der Waals surface area contributed by atoms with E-state index < -0.39 is 17.7 Å². The van der Waals surface area contributed by atoms with Gasteiger partial charge in [0.1, 0.15) is 11.5 Å². The Balaban J connectivity index is 1.53. The highest BCUT2D eigenvalue weighted by Gasteiger charge is 2.48. The standard InChI is InChI=1S/C36H38ClN3O6S2/c1-4-7-19-45-27-16-11-24(12-17-27)32(41)30-31(25-13-18-28(46-20-8-5-2)29(21-25)44-6-3)40(34(43)33(30)42)35-38-39-36(48-35)47-22-23-9-14-26(37)15-10-23/h9-18,21,31,41H,4-8,19-20,22H2,1-3H3/t31-/m0/s1. The summed E-state index contributed by atoms with van der Waals surface area (Å²) in [6, 6.07) is 18.6. The number of aliphatic hydroxyl groups is 1. The number of hydrogen-bond acceptors (Lipinski definition) is 10. The highest BCUT2D eigenvalue weighted by atomic mass is 35.5. The molecule has 2 heterocycles. The van der Waals surface area contributed by atoms with Gasteiger partial charge in [-0.25, -0.2) is 0 Å². The first-order valence-corrected chi connectivity index (χ1v) is 18.2. The molecule has 0 unspecified atom stereocenters. The number of thioether (sulfide) groups is 1. The summed E-state index contributed by atoms with van der Waals surface area (Å²) in [7, 11) is 0. The van der Waals surface area contributed by atoms with Gasteiger partial charge in [-0.05, 0) is 79.4 Å². The zero-order valence-electron chi connectivity index (χ0n) is 27.1. The molecule has 1 N–H and O–H groups in total. The Kier molecular flexibility index (Phi) is 12.4. The summed E-state index contributed by atoms with van der Waals surface area (Å²) < 4.78 is 18.3. The Hall–Kier alpha value is -4.06. The Bertz CT molecular complexity index is 1740. The summed E-state index contributed by atoms with van der Waals surface area (Å²) in [5.41, 5.74) is 1.91. The molecule has 1 atom stereocenters. The zero-order chi connectivity index (χ0) is 34.0. The van der Waals surface area contributed by atoms with E-state index in [4.69, 9.17) is 25.8 Å². The molecule has 0 bridgehead atoms. The summed E-state index contributed by atoms with van der Waals surface area (Å²) in [4.78, 5) is 28.9. The topological polar surface area (TPSA) is 111 Å². The number of ether oxygens (including phenoxy) is 3. The minimum Gasteiger partial charge on any atom is -0.507 e. The number of carbonyl (C=O) groups is 2. The molecule has 0 spiro atoms. The van der Waals surface area contributed by atoms with Crippen molar-refractivity contribution in [3.8, 4) is 17.2 Å². The third-order valence-corrected chi connectivity index (χ3v) is 9.93. The maximum atomic E-state index is 13.8. The summed E-state index contributed by atoms with van der Waals surface area (Å²) in [5, 5.41) is 21.2. The van der Waals surface area contributed by atoms with Crippen molar-refractivity contribution < 1.29 is 28.9 Å². The lowest BCUT2D eigenvalue weighted by molar-refractivity contribution is -0.132. The number of ketones is 1. The summed E-state index contributed by atoms with van der Waals surface area (Å²) in [6.45, 7) is 7.52. The van der Waals surface area contributed by atoms with Gasteiger partial charge in [0.25, 0.3) is 5.78 Å². The van der Waals surface area contributed by atoms with E-state index in [1.54, 1.807) is 42.5 Å². The van der Waals surface area contributed by atoms with E-state index in [9.17, 15) is 14.7 Å². The lowest BCUT2D eigenvalue weighted by Crippen LogP contribution is -2.29. The van der Waals surface area contributed by atoms with Crippen LogP contribution in [0.25, 0.3) is 5.76 Å². The van der Waals surface area contributed by atoms with Crippen LogP contribution in [-0.2, 0) is 15.3 Å². The van der Waals surface area contributed by atoms with Crippen molar-refractivity contribution in [1.82, 2.24) is 10.2 Å². The molecule has 0 saturated carbocycles. The number of unbranched alkanes of at least 4 members (excludes halogenated alkanes) is 2. The minimum absolute atomic E-state index is 0.0627. The smallest absolute Gasteiger partial charge is 0.301 e. The van der Waals surface area contributed by atoms with Gasteiger partial charge >= 0.3 is 5.91 Å². The number of aromatic nitrogens is 2. The molecule has 9 nitrogen and oxygen atoms in total. The average Bonchev–Trinajstić information content (AvgIpc) is 3.67. The third-order valence-electron chi connectivity index (χ3n) is 7.56. The van der Waals surface area contributed by atoms with Gasteiger partial charge in [0.15, 0.2) is 15.8 Å². The highest BCUT2D eigenvalue weighted by molar-refractivity contribution is 8.00. The molecule has 12 heteroatoms. The van der Waals surface area contributed by atoms with Gasteiger partial charge in [-0.1, -0.05) is 79.6 Å². The minimum atomic E-state index is -1.00. The number of aliphatic hydroxyl groups excluding tert-OH is 1. The fraction of sp³-hybridized carbons (Fsp3) is 0.333. The van der Waals surface area contributed by atoms with Crippen LogP contribution in [0, 0.1) is 0 Å². The number of hydrogen-bond donors (Lipinski definition) is 1. The van der Waals surface area contributed by atoms with Crippen molar-refractivity contribution >= 4 is 57.3 Å². The van der Waals surface area contributed by atoms with Crippen molar-refractivity contribution in [2.45, 2.75) is 62.6 Å². The molecule has 48 heavy (non-hydrogen) atoms. The second kappa shape index (κ2) is 16.9. The van der Waals surface area contributed by atoms with Gasteiger partial charge < -0.3 is 19.3 Å². The number of halogens is 1. The largest absolute Gasteiger partial charge is 0.507 e. The van der Waals surface area contributed by atoms with E-state index in [1.165, 1.54) is 28.0 Å². The molecular formula is C36H38ClN3O6S2. The number of anilines is 1. The molecule has 1 fully saturated rings. The maximum Gasteiger partial charge on any atom is 0.301 e. The van der Waals surface area contributed by atoms with E-state index in [1.807, 2.05) is 31.2 Å². The Labute approximate surface area is 293 Å². The first-order chi connectivity index (χ1) is 23.3. The first-order valence-electron chi connectivity index (χ1n) is 16.0. The lowest BCUT2D eigenvalue weighted by atomic mass is 9.95. The molecule has 5 rings (SSSR count). The second-order valence-electron chi connectivity index (χ2n) is 11.0. The zero-order valence-corrected chi connectivity index (χ0v) is 29.5. The molecule has 0 radical (unpaired) electrons. The van der Waals surface area contributed by atoms with Crippen molar-refractivity contribution in [2.75, 3.05) is 24.7 Å². The summed E-state index contributed by atoms with van der Waals surface area (Å²) in [5.74, 6) is 0.352. The van der Waals surface area contributed by atoms with Crippen LogP contribution >= 0.6 is 34.7 Å². The van der Waals surface area contributed by atoms with Crippen LogP contribution in [-0.4, -0.2) is 46.8 Å². The average molecular weight is 708 g/mol. The van der Waals surface area contributed by atoms with E-state index in [0.717, 1.165) is 31.2 Å². The van der Waals surface area contributed by atoms with Crippen LogP contribution in [0.1, 0.15) is 69.2 Å². The number of carbonyl (C=O) groups excluding carboxylic acids is 2. The van der Waals surface area contributed by atoms with E-state index in [-0.39, 0.29) is 16.5 Å². The predicted octanol–water partition coefficient (Wildman–Crippen LogP) is 8.87. The first kappa shape index (κ1) is 35.3. The van der Waals surface area contributed by atoms with Gasteiger partial charge in [-0.2, -0.15) is 0 Å². The van der Waals surface area contributed by atoms with Crippen LogP contribution < -0.4 is 19.1 Å². The fourth-order valence-electron chi connectivity index (χ4n) is 5.04. The fourth-order valence-corrected chi connectivity index (χ4v) is 6.99. The molecular weight excluding hydrogens is 670 g/mol. The number of nitrogens with zero attached hydrogens (tertiary/aromatic N) is 3. The predicted molar refractivity (Wildman–Crippen MR) is 191 cm³/mol. The normalized spacial score (nSPS) is 15.6. The van der Waals surface area contributed by atoms with Crippen LogP contribution in [0.5, 0.6) is 17.2 Å². The molecule has 1 aliphatic heterocycles. The molecule has 0 aliphatic carbocycles. The van der Waals surface area contributed by atoms with Gasteiger partial charge in [0, 0.05) is 16.3 Å². The molecule has 1 aromatic heterocycles. The van der Waals surface area contributed by atoms with E-state index >= 15 is 0 Å². The van der Waals surface area contributed by atoms with Gasteiger partial charge in [0.2, 0.25) is 5.13 Å². The SMILES string of the molecule is CCCCOc1ccc(C(O)=C2C(=O)C(=O)N(c3nnc(SCc4ccc(Cl)cc4)s3)[C@H]2c2ccc(OCCCC)c(OCC)c2)cc1. The summed E-state index contributed by atoms with van der Waals surface area (Å²) >= 11 is 8.69. The van der Waals surface area contributed by atoms with Crippen molar-refractivity contribution in [3.05, 3.63) is 94.0 Å². The maximum absolute atomic E-state index is 13.8. The van der Waals surface area contributed by atoms with Crippen LogP contribution in [0.4, 0.5) is 5.13 Å². The monoisotopic (exact) mass is 707 g/mol. The second-order valence-corrected chi connectivity index (χ2v) is 13.6. The van der Waals surface area contributed by atoms with Crippen LogP contribution in [0.15, 0.2) is 76.6 Å². The van der Waals surface area contributed by atoms with E-state index in [0.29, 0.717) is 63.3 Å². The van der Waals surface area contributed by atoms with Gasteiger partial charge in [0.05, 0.1) is 31.4 Å². The van der Waals surface area contributed by atoms with Crippen molar-refractivity contribution in [1.29, 1.82) is 0 Å². The molecule has 252 valence electrons. The number of benzene rings is 3. The Morgan fingerprint density at radius 1 is 0.896 bits per heavy atom. The quantitative estimate of drug-likeness (QED) is 0.0305. The van der Waals surface area contributed by atoms with Gasteiger partial charge in [-0.15, -0.1) is 10.2 Å². The van der Waals surface area contributed by atoms with Crippen molar-refractivity contribution in [2.24, 2.45) is 0 Å². The van der Waals surface area contributed by atoms with Crippen molar-refractivity contribution in [3.63, 3.8) is 0 Å². The molecule has 3 aromatic carbocycles.